The highest BCUT2D eigenvalue weighted by Gasteiger charge is 2.30. The van der Waals surface area contributed by atoms with E-state index < -0.39 is 0 Å². The lowest BCUT2D eigenvalue weighted by molar-refractivity contribution is 0.136. The topological polar surface area (TPSA) is 21.3 Å². The van der Waals surface area contributed by atoms with Gasteiger partial charge < -0.3 is 10.1 Å². The van der Waals surface area contributed by atoms with Crippen LogP contribution in [0.4, 0.5) is 0 Å². The van der Waals surface area contributed by atoms with E-state index >= 15 is 0 Å². The Morgan fingerprint density at radius 2 is 2.15 bits per heavy atom. The van der Waals surface area contributed by atoms with Crippen LogP contribution >= 0.6 is 0 Å². The Morgan fingerprint density at radius 1 is 1.38 bits per heavy atom. The first-order valence-electron chi connectivity index (χ1n) is 5.55. The summed E-state index contributed by atoms with van der Waals surface area (Å²) in [6, 6.07) is 0. The third-order valence-corrected chi connectivity index (χ3v) is 2.96. The third kappa shape index (κ3) is 4.10. The van der Waals surface area contributed by atoms with Crippen LogP contribution in [0, 0.1) is 5.41 Å². The largest absolute Gasteiger partial charge is 0.382 e. The van der Waals surface area contributed by atoms with Gasteiger partial charge in [-0.1, -0.05) is 13.3 Å². The molecule has 0 atom stereocenters. The molecule has 1 fully saturated rings. The molecular formula is C11H23NO. The predicted octanol–water partition coefficient (Wildman–Crippen LogP) is 2.19. The van der Waals surface area contributed by atoms with Crippen molar-refractivity contribution < 1.29 is 4.74 Å². The van der Waals surface area contributed by atoms with Crippen molar-refractivity contribution in [3.8, 4) is 0 Å². The van der Waals surface area contributed by atoms with Crippen LogP contribution in [0.3, 0.4) is 0 Å². The van der Waals surface area contributed by atoms with Crippen molar-refractivity contribution in [2.45, 2.75) is 39.5 Å². The molecule has 0 unspecified atom stereocenters. The molecule has 0 aliphatic heterocycles. The van der Waals surface area contributed by atoms with E-state index in [0.29, 0.717) is 5.41 Å². The quantitative estimate of drug-likeness (QED) is 0.614. The summed E-state index contributed by atoms with van der Waals surface area (Å²) in [5.41, 5.74) is 0.617. The third-order valence-electron chi connectivity index (χ3n) is 2.96. The molecule has 0 heterocycles. The number of hydrogen-bond acceptors (Lipinski definition) is 2. The molecule has 0 saturated heterocycles. The normalized spacial score (nSPS) is 19.8. The van der Waals surface area contributed by atoms with Crippen molar-refractivity contribution in [2.75, 3.05) is 26.3 Å². The number of ether oxygens (including phenoxy) is 1. The molecular weight excluding hydrogens is 162 g/mol. The zero-order valence-corrected chi connectivity index (χ0v) is 9.07. The second-order valence-electron chi connectivity index (χ2n) is 4.39. The molecule has 2 heteroatoms. The molecule has 0 aromatic carbocycles. The Kier molecular flexibility index (Phi) is 4.74. The van der Waals surface area contributed by atoms with Gasteiger partial charge in [-0.2, -0.15) is 0 Å². The maximum atomic E-state index is 5.27. The van der Waals surface area contributed by atoms with E-state index in [1.54, 1.807) is 0 Å². The molecule has 0 radical (unpaired) electrons. The van der Waals surface area contributed by atoms with Gasteiger partial charge in [-0.05, 0) is 38.1 Å². The average molecular weight is 185 g/mol. The number of rotatable bonds is 7. The lowest BCUT2D eigenvalue weighted by Gasteiger charge is -2.38. The summed E-state index contributed by atoms with van der Waals surface area (Å²) in [6.45, 7) is 8.47. The van der Waals surface area contributed by atoms with Crippen molar-refractivity contribution in [1.29, 1.82) is 0 Å². The van der Waals surface area contributed by atoms with Gasteiger partial charge in [0.15, 0.2) is 0 Å². The van der Waals surface area contributed by atoms with Crippen LogP contribution in [0.1, 0.15) is 39.5 Å². The van der Waals surface area contributed by atoms with Gasteiger partial charge in [0.05, 0.1) is 0 Å². The second kappa shape index (κ2) is 5.61. The lowest BCUT2D eigenvalue weighted by atomic mass is 9.70. The lowest BCUT2D eigenvalue weighted by Crippen LogP contribution is -2.37. The highest BCUT2D eigenvalue weighted by Crippen LogP contribution is 2.39. The summed E-state index contributed by atoms with van der Waals surface area (Å²) in [6.07, 6.45) is 5.39. The molecule has 1 saturated carbocycles. The van der Waals surface area contributed by atoms with Crippen LogP contribution in [-0.4, -0.2) is 26.3 Å². The Bertz CT molecular complexity index is 132. The first-order chi connectivity index (χ1) is 6.27. The standard InChI is InChI=1S/C11H23NO/c1-3-13-9-5-8-12-10-11(2)6-4-7-11/h12H,3-10H2,1-2H3. The predicted molar refractivity (Wildman–Crippen MR) is 55.9 cm³/mol. The first-order valence-corrected chi connectivity index (χ1v) is 5.55. The highest BCUT2D eigenvalue weighted by molar-refractivity contribution is 4.84. The van der Waals surface area contributed by atoms with E-state index in [1.165, 1.54) is 25.8 Å². The van der Waals surface area contributed by atoms with E-state index in [1.807, 2.05) is 6.92 Å². The Balaban J connectivity index is 1.83. The maximum Gasteiger partial charge on any atom is 0.0477 e. The molecule has 13 heavy (non-hydrogen) atoms. The fraction of sp³-hybridized carbons (Fsp3) is 1.00. The van der Waals surface area contributed by atoms with Gasteiger partial charge in [0.2, 0.25) is 0 Å². The molecule has 0 amide bonds. The average Bonchev–Trinajstić information content (AvgIpc) is 2.08. The molecule has 0 aromatic rings. The number of hydrogen-bond donors (Lipinski definition) is 1. The minimum absolute atomic E-state index is 0.617. The van der Waals surface area contributed by atoms with Gasteiger partial charge in [-0.25, -0.2) is 0 Å². The van der Waals surface area contributed by atoms with Gasteiger partial charge in [-0.15, -0.1) is 0 Å². The minimum Gasteiger partial charge on any atom is -0.382 e. The van der Waals surface area contributed by atoms with Crippen molar-refractivity contribution >= 4 is 0 Å². The SMILES string of the molecule is CCOCCCNCC1(C)CCC1. The minimum atomic E-state index is 0.617. The van der Waals surface area contributed by atoms with Gasteiger partial charge >= 0.3 is 0 Å². The zero-order valence-electron chi connectivity index (χ0n) is 9.07. The van der Waals surface area contributed by atoms with Gasteiger partial charge in [0, 0.05) is 19.8 Å². The molecule has 0 bridgehead atoms. The summed E-state index contributed by atoms with van der Waals surface area (Å²) in [4.78, 5) is 0. The Hall–Kier alpha value is -0.0800. The molecule has 2 nitrogen and oxygen atoms in total. The fourth-order valence-electron chi connectivity index (χ4n) is 1.79. The molecule has 0 aromatic heterocycles. The molecule has 1 aliphatic rings. The number of nitrogens with one attached hydrogen (secondary N) is 1. The highest BCUT2D eigenvalue weighted by atomic mass is 16.5. The van der Waals surface area contributed by atoms with Gasteiger partial charge in [-0.3, -0.25) is 0 Å². The van der Waals surface area contributed by atoms with Crippen LogP contribution in [0.15, 0.2) is 0 Å². The molecule has 0 spiro atoms. The summed E-state index contributed by atoms with van der Waals surface area (Å²) in [5, 5.41) is 3.51. The first kappa shape index (κ1) is 11.0. The second-order valence-corrected chi connectivity index (χ2v) is 4.39. The van der Waals surface area contributed by atoms with Crippen molar-refractivity contribution in [3.63, 3.8) is 0 Å². The Labute approximate surface area is 82.0 Å². The fourth-order valence-corrected chi connectivity index (χ4v) is 1.79. The van der Waals surface area contributed by atoms with Crippen LogP contribution < -0.4 is 5.32 Å². The van der Waals surface area contributed by atoms with Crippen LogP contribution in [0.25, 0.3) is 0 Å². The smallest absolute Gasteiger partial charge is 0.0477 e. The molecule has 78 valence electrons. The Morgan fingerprint density at radius 3 is 2.69 bits per heavy atom. The molecule has 1 aliphatic carbocycles. The van der Waals surface area contributed by atoms with Crippen molar-refractivity contribution in [1.82, 2.24) is 5.32 Å². The van der Waals surface area contributed by atoms with E-state index in [2.05, 4.69) is 12.2 Å². The van der Waals surface area contributed by atoms with Crippen molar-refractivity contribution in [2.24, 2.45) is 5.41 Å². The molecule has 1 N–H and O–H groups in total. The monoisotopic (exact) mass is 185 g/mol. The van der Waals surface area contributed by atoms with Crippen LogP contribution in [0.5, 0.6) is 0 Å². The molecule has 1 rings (SSSR count). The van der Waals surface area contributed by atoms with Crippen LogP contribution in [0.2, 0.25) is 0 Å². The summed E-state index contributed by atoms with van der Waals surface area (Å²) in [5.74, 6) is 0. The summed E-state index contributed by atoms with van der Waals surface area (Å²) in [7, 11) is 0. The summed E-state index contributed by atoms with van der Waals surface area (Å²) < 4.78 is 5.27. The van der Waals surface area contributed by atoms with E-state index in [9.17, 15) is 0 Å². The van der Waals surface area contributed by atoms with E-state index in [4.69, 9.17) is 4.74 Å². The maximum absolute atomic E-state index is 5.27. The van der Waals surface area contributed by atoms with Crippen molar-refractivity contribution in [3.05, 3.63) is 0 Å². The van der Waals surface area contributed by atoms with E-state index in [-0.39, 0.29) is 0 Å². The van der Waals surface area contributed by atoms with Gasteiger partial charge in [0.25, 0.3) is 0 Å². The van der Waals surface area contributed by atoms with E-state index in [0.717, 1.165) is 26.2 Å². The zero-order chi connectivity index (χ0) is 9.57. The van der Waals surface area contributed by atoms with Crippen LogP contribution in [-0.2, 0) is 4.74 Å². The van der Waals surface area contributed by atoms with Gasteiger partial charge in [0.1, 0.15) is 0 Å². The summed E-state index contributed by atoms with van der Waals surface area (Å²) >= 11 is 0.